The van der Waals surface area contributed by atoms with Gasteiger partial charge in [-0.2, -0.15) is 0 Å². The van der Waals surface area contributed by atoms with Gasteiger partial charge in [0, 0.05) is 6.54 Å². The van der Waals surface area contributed by atoms with Gasteiger partial charge >= 0.3 is 0 Å². The molecule has 0 bridgehead atoms. The van der Waals surface area contributed by atoms with Crippen LogP contribution in [0.15, 0.2) is 18.2 Å². The summed E-state index contributed by atoms with van der Waals surface area (Å²) in [4.78, 5) is 11.7. The van der Waals surface area contributed by atoms with Crippen LogP contribution in [0.1, 0.15) is 36.5 Å². The standard InChI is InChI=1S/C12H17ClN2O/c1-2-3-4-8-15-12(16)9-6-5-7-10(14)11(9)13/h5-7H,2-4,8,14H2,1H3,(H,15,16). The molecule has 1 amide bonds. The monoisotopic (exact) mass is 240 g/mol. The van der Waals surface area contributed by atoms with E-state index >= 15 is 0 Å². The molecule has 88 valence electrons. The maximum absolute atomic E-state index is 11.7. The fraction of sp³-hybridized carbons (Fsp3) is 0.417. The van der Waals surface area contributed by atoms with E-state index in [0.29, 0.717) is 22.8 Å². The Balaban J connectivity index is 2.56. The molecule has 3 nitrogen and oxygen atoms in total. The Morgan fingerprint density at radius 1 is 1.44 bits per heavy atom. The lowest BCUT2D eigenvalue weighted by molar-refractivity contribution is 0.0953. The molecule has 0 saturated heterocycles. The number of hydrogen-bond donors (Lipinski definition) is 2. The van der Waals surface area contributed by atoms with Crippen molar-refractivity contribution in [3.05, 3.63) is 28.8 Å². The second-order valence-electron chi connectivity index (χ2n) is 3.67. The number of nitrogens with one attached hydrogen (secondary N) is 1. The van der Waals surface area contributed by atoms with Crippen LogP contribution < -0.4 is 11.1 Å². The molecule has 0 aliphatic heterocycles. The SMILES string of the molecule is CCCCCNC(=O)c1cccc(N)c1Cl. The average Bonchev–Trinajstić information content (AvgIpc) is 2.28. The van der Waals surface area contributed by atoms with Crippen LogP contribution in [0.5, 0.6) is 0 Å². The third kappa shape index (κ3) is 3.42. The average molecular weight is 241 g/mol. The molecule has 0 aliphatic rings. The molecule has 3 N–H and O–H groups in total. The first-order valence-electron chi connectivity index (χ1n) is 5.49. The molecule has 1 aromatic rings. The first-order chi connectivity index (χ1) is 7.66. The number of nitrogen functional groups attached to an aromatic ring is 1. The molecule has 0 heterocycles. The van der Waals surface area contributed by atoms with Crippen LogP contribution in [0.4, 0.5) is 5.69 Å². The van der Waals surface area contributed by atoms with Crippen molar-refractivity contribution < 1.29 is 4.79 Å². The van der Waals surface area contributed by atoms with E-state index in [1.165, 1.54) is 0 Å². The quantitative estimate of drug-likeness (QED) is 0.614. The van der Waals surface area contributed by atoms with Crippen LogP contribution >= 0.6 is 11.6 Å². The van der Waals surface area contributed by atoms with Crippen LogP contribution in [0.25, 0.3) is 0 Å². The number of rotatable bonds is 5. The molecule has 1 aromatic carbocycles. The number of anilines is 1. The van der Waals surface area contributed by atoms with E-state index < -0.39 is 0 Å². The molecule has 0 aliphatic carbocycles. The minimum absolute atomic E-state index is 0.159. The molecule has 0 radical (unpaired) electrons. The predicted octanol–water partition coefficient (Wildman–Crippen LogP) is 2.84. The Kier molecular flexibility index (Phi) is 5.12. The van der Waals surface area contributed by atoms with Crippen molar-refractivity contribution >= 4 is 23.2 Å². The van der Waals surface area contributed by atoms with E-state index in [-0.39, 0.29) is 5.91 Å². The highest BCUT2D eigenvalue weighted by molar-refractivity contribution is 6.36. The van der Waals surface area contributed by atoms with Crippen molar-refractivity contribution in [2.24, 2.45) is 0 Å². The topological polar surface area (TPSA) is 55.1 Å². The maximum Gasteiger partial charge on any atom is 0.252 e. The third-order valence-corrected chi connectivity index (χ3v) is 2.76. The molecule has 0 saturated carbocycles. The molecule has 16 heavy (non-hydrogen) atoms. The van der Waals surface area contributed by atoms with E-state index in [2.05, 4.69) is 12.2 Å². The summed E-state index contributed by atoms with van der Waals surface area (Å²) in [5.74, 6) is -0.159. The van der Waals surface area contributed by atoms with Crippen molar-refractivity contribution in [3.63, 3.8) is 0 Å². The van der Waals surface area contributed by atoms with E-state index in [4.69, 9.17) is 17.3 Å². The van der Waals surface area contributed by atoms with Crippen molar-refractivity contribution in [1.29, 1.82) is 0 Å². The molecule has 0 unspecified atom stereocenters. The summed E-state index contributed by atoms with van der Waals surface area (Å²) in [7, 11) is 0. The fourth-order valence-corrected chi connectivity index (χ4v) is 1.61. The lowest BCUT2D eigenvalue weighted by atomic mass is 10.2. The van der Waals surface area contributed by atoms with Gasteiger partial charge in [-0.15, -0.1) is 0 Å². The smallest absolute Gasteiger partial charge is 0.252 e. The van der Waals surface area contributed by atoms with Crippen molar-refractivity contribution in [2.75, 3.05) is 12.3 Å². The van der Waals surface area contributed by atoms with E-state index in [1.54, 1.807) is 18.2 Å². The van der Waals surface area contributed by atoms with Crippen molar-refractivity contribution in [1.82, 2.24) is 5.32 Å². The summed E-state index contributed by atoms with van der Waals surface area (Å²) in [6.07, 6.45) is 3.24. The number of unbranched alkanes of at least 4 members (excludes halogenated alkanes) is 2. The van der Waals surface area contributed by atoms with Crippen molar-refractivity contribution in [3.8, 4) is 0 Å². The van der Waals surface area contributed by atoms with Gasteiger partial charge in [0.05, 0.1) is 16.3 Å². The summed E-state index contributed by atoms with van der Waals surface area (Å²) >= 11 is 5.94. The van der Waals surface area contributed by atoms with Gasteiger partial charge in [-0.05, 0) is 18.6 Å². The van der Waals surface area contributed by atoms with Crippen LogP contribution in [0.3, 0.4) is 0 Å². The maximum atomic E-state index is 11.7. The second-order valence-corrected chi connectivity index (χ2v) is 4.05. The molecule has 1 rings (SSSR count). The van der Waals surface area contributed by atoms with Gasteiger partial charge in [-0.25, -0.2) is 0 Å². The molecule has 0 aromatic heterocycles. The minimum atomic E-state index is -0.159. The number of halogens is 1. The summed E-state index contributed by atoms with van der Waals surface area (Å²) in [5, 5.41) is 3.15. The summed E-state index contributed by atoms with van der Waals surface area (Å²) < 4.78 is 0. The zero-order chi connectivity index (χ0) is 12.0. The van der Waals surface area contributed by atoms with E-state index in [9.17, 15) is 4.79 Å². The molecular formula is C12H17ClN2O. The summed E-state index contributed by atoms with van der Waals surface area (Å²) in [5.41, 5.74) is 6.50. The number of carbonyl (C=O) groups is 1. The highest BCUT2D eigenvalue weighted by Crippen LogP contribution is 2.22. The van der Waals surface area contributed by atoms with E-state index in [0.717, 1.165) is 19.3 Å². The fourth-order valence-electron chi connectivity index (χ4n) is 1.40. The third-order valence-electron chi connectivity index (χ3n) is 2.34. The van der Waals surface area contributed by atoms with Gasteiger partial charge in [0.25, 0.3) is 5.91 Å². The Labute approximate surface area is 101 Å². The van der Waals surface area contributed by atoms with Crippen LogP contribution in [-0.4, -0.2) is 12.5 Å². The Bertz CT molecular complexity index is 366. The Morgan fingerprint density at radius 2 is 2.19 bits per heavy atom. The first kappa shape index (κ1) is 12.8. The Hall–Kier alpha value is -1.22. The van der Waals surface area contributed by atoms with Gasteiger partial charge < -0.3 is 11.1 Å². The lowest BCUT2D eigenvalue weighted by Crippen LogP contribution is -2.24. The predicted molar refractivity (Wildman–Crippen MR) is 67.7 cm³/mol. The molecular weight excluding hydrogens is 224 g/mol. The molecule has 0 atom stereocenters. The highest BCUT2D eigenvalue weighted by Gasteiger charge is 2.10. The van der Waals surface area contributed by atoms with Crippen LogP contribution in [-0.2, 0) is 0 Å². The molecule has 0 fully saturated rings. The Morgan fingerprint density at radius 3 is 2.88 bits per heavy atom. The highest BCUT2D eigenvalue weighted by atomic mass is 35.5. The van der Waals surface area contributed by atoms with Gasteiger partial charge in [0.1, 0.15) is 0 Å². The second kappa shape index (κ2) is 6.38. The normalized spacial score (nSPS) is 10.1. The van der Waals surface area contributed by atoms with E-state index in [1.807, 2.05) is 0 Å². The number of hydrogen-bond acceptors (Lipinski definition) is 2. The first-order valence-corrected chi connectivity index (χ1v) is 5.86. The zero-order valence-electron chi connectivity index (χ0n) is 9.42. The van der Waals surface area contributed by atoms with Gasteiger partial charge in [-0.1, -0.05) is 37.4 Å². The van der Waals surface area contributed by atoms with Gasteiger partial charge in [-0.3, -0.25) is 4.79 Å². The van der Waals surface area contributed by atoms with Crippen LogP contribution in [0, 0.1) is 0 Å². The lowest BCUT2D eigenvalue weighted by Gasteiger charge is -2.07. The van der Waals surface area contributed by atoms with Gasteiger partial charge in [0.2, 0.25) is 0 Å². The number of benzene rings is 1. The van der Waals surface area contributed by atoms with Crippen LogP contribution in [0.2, 0.25) is 5.02 Å². The number of amides is 1. The van der Waals surface area contributed by atoms with Crippen molar-refractivity contribution in [2.45, 2.75) is 26.2 Å². The zero-order valence-corrected chi connectivity index (χ0v) is 10.2. The van der Waals surface area contributed by atoms with Gasteiger partial charge in [0.15, 0.2) is 0 Å². The summed E-state index contributed by atoms with van der Waals surface area (Å²) in [6, 6.07) is 5.08. The minimum Gasteiger partial charge on any atom is -0.398 e. The molecule has 0 spiro atoms. The number of carbonyl (C=O) groups excluding carboxylic acids is 1. The number of nitrogens with two attached hydrogens (primary N) is 1. The summed E-state index contributed by atoms with van der Waals surface area (Å²) in [6.45, 7) is 2.80. The largest absolute Gasteiger partial charge is 0.398 e. The molecule has 4 heteroatoms.